The molecular weight excluding hydrogens is 308 g/mol. The Kier molecular flexibility index (Phi) is 5.06. The van der Waals surface area contributed by atoms with Crippen molar-refractivity contribution in [3.05, 3.63) is 70.9 Å². The van der Waals surface area contributed by atoms with Gasteiger partial charge in [0.25, 0.3) is 0 Å². The molecule has 0 spiro atoms. The first-order valence-electron chi connectivity index (χ1n) is 7.43. The molecule has 3 aromatic rings. The van der Waals surface area contributed by atoms with Gasteiger partial charge in [-0.1, -0.05) is 24.3 Å². The van der Waals surface area contributed by atoms with Crippen molar-refractivity contribution in [2.45, 2.75) is 13.0 Å². The number of amides is 2. The van der Waals surface area contributed by atoms with E-state index in [2.05, 4.69) is 21.7 Å². The van der Waals surface area contributed by atoms with Crippen LogP contribution in [0, 0.1) is 0 Å². The molecule has 0 radical (unpaired) electrons. The lowest BCUT2D eigenvalue weighted by atomic mass is 10.1. The number of aromatic nitrogens is 2. The summed E-state index contributed by atoms with van der Waals surface area (Å²) in [5.41, 5.74) is 2.06. The van der Waals surface area contributed by atoms with E-state index in [0.717, 1.165) is 17.7 Å². The highest BCUT2D eigenvalue weighted by molar-refractivity contribution is 7.09. The third-order valence-corrected chi connectivity index (χ3v) is 4.39. The van der Waals surface area contributed by atoms with Crippen molar-refractivity contribution in [1.29, 1.82) is 0 Å². The van der Waals surface area contributed by atoms with Gasteiger partial charge in [-0.2, -0.15) is 0 Å². The fourth-order valence-electron chi connectivity index (χ4n) is 2.31. The molecule has 3 rings (SSSR count). The van der Waals surface area contributed by atoms with Crippen molar-refractivity contribution in [3.8, 4) is 5.69 Å². The Morgan fingerprint density at radius 1 is 1.17 bits per heavy atom. The molecule has 2 amide bonds. The maximum Gasteiger partial charge on any atom is 0.315 e. The molecule has 2 heterocycles. The zero-order valence-electron chi connectivity index (χ0n) is 12.6. The minimum Gasteiger partial charge on any atom is -0.338 e. The normalized spacial score (nSPS) is 10.4. The molecule has 2 aromatic heterocycles. The van der Waals surface area contributed by atoms with Gasteiger partial charge in [0.05, 0.1) is 12.0 Å². The standard InChI is InChI=1S/C17H18N4OS/c22-17(19-8-7-15-5-3-11-23-15)20-12-14-4-1-2-6-16(14)21-10-9-18-13-21/h1-6,9-11,13H,7-8,12H2,(H2,19,20,22). The Balaban J connectivity index is 1.51. The van der Waals surface area contributed by atoms with Crippen LogP contribution in [-0.4, -0.2) is 22.1 Å². The monoisotopic (exact) mass is 326 g/mol. The second-order valence-electron chi connectivity index (χ2n) is 5.04. The molecule has 5 nitrogen and oxygen atoms in total. The minimum absolute atomic E-state index is 0.151. The number of nitrogens with one attached hydrogen (secondary N) is 2. The van der Waals surface area contributed by atoms with E-state index in [1.54, 1.807) is 23.9 Å². The van der Waals surface area contributed by atoms with E-state index in [-0.39, 0.29) is 6.03 Å². The molecule has 0 aliphatic heterocycles. The van der Waals surface area contributed by atoms with Gasteiger partial charge in [-0.15, -0.1) is 11.3 Å². The summed E-state index contributed by atoms with van der Waals surface area (Å²) < 4.78 is 1.94. The van der Waals surface area contributed by atoms with Crippen LogP contribution in [0.4, 0.5) is 4.79 Å². The zero-order valence-corrected chi connectivity index (χ0v) is 13.4. The van der Waals surface area contributed by atoms with Crippen LogP contribution in [0.25, 0.3) is 5.69 Å². The average molecular weight is 326 g/mol. The fraction of sp³-hybridized carbons (Fsp3) is 0.176. The Hall–Kier alpha value is -2.60. The van der Waals surface area contributed by atoms with Crippen LogP contribution < -0.4 is 10.6 Å². The van der Waals surface area contributed by atoms with Crippen molar-refractivity contribution < 1.29 is 4.79 Å². The molecule has 0 saturated heterocycles. The maximum atomic E-state index is 11.9. The first-order chi connectivity index (χ1) is 11.3. The van der Waals surface area contributed by atoms with Crippen LogP contribution in [0.5, 0.6) is 0 Å². The van der Waals surface area contributed by atoms with Gasteiger partial charge < -0.3 is 15.2 Å². The smallest absolute Gasteiger partial charge is 0.315 e. The van der Waals surface area contributed by atoms with Crippen LogP contribution >= 0.6 is 11.3 Å². The molecule has 118 valence electrons. The third-order valence-electron chi connectivity index (χ3n) is 3.45. The first kappa shape index (κ1) is 15.3. The Morgan fingerprint density at radius 3 is 2.87 bits per heavy atom. The maximum absolute atomic E-state index is 11.9. The Bertz CT molecular complexity index is 738. The highest BCUT2D eigenvalue weighted by Gasteiger charge is 2.06. The third kappa shape index (κ3) is 4.20. The van der Waals surface area contributed by atoms with E-state index < -0.39 is 0 Å². The van der Waals surface area contributed by atoms with Crippen molar-refractivity contribution in [2.24, 2.45) is 0 Å². The van der Waals surface area contributed by atoms with E-state index in [4.69, 9.17) is 0 Å². The molecular formula is C17H18N4OS. The van der Waals surface area contributed by atoms with E-state index in [1.807, 2.05) is 46.5 Å². The largest absolute Gasteiger partial charge is 0.338 e. The number of carbonyl (C=O) groups excluding carboxylic acids is 1. The topological polar surface area (TPSA) is 59.0 Å². The number of hydrogen-bond acceptors (Lipinski definition) is 3. The number of benzene rings is 1. The van der Waals surface area contributed by atoms with E-state index in [0.29, 0.717) is 13.1 Å². The highest BCUT2D eigenvalue weighted by atomic mass is 32.1. The number of hydrogen-bond donors (Lipinski definition) is 2. The van der Waals surface area contributed by atoms with Gasteiger partial charge in [0.1, 0.15) is 0 Å². The predicted molar refractivity (Wildman–Crippen MR) is 91.8 cm³/mol. The quantitative estimate of drug-likeness (QED) is 0.731. The summed E-state index contributed by atoms with van der Waals surface area (Å²) >= 11 is 1.70. The van der Waals surface area contributed by atoms with Crippen molar-refractivity contribution in [2.75, 3.05) is 6.54 Å². The molecule has 6 heteroatoms. The second-order valence-corrected chi connectivity index (χ2v) is 6.07. The van der Waals surface area contributed by atoms with Gasteiger partial charge >= 0.3 is 6.03 Å². The Morgan fingerprint density at radius 2 is 2.09 bits per heavy atom. The molecule has 1 aromatic carbocycles. The molecule has 23 heavy (non-hydrogen) atoms. The van der Waals surface area contributed by atoms with E-state index >= 15 is 0 Å². The summed E-state index contributed by atoms with van der Waals surface area (Å²) in [5.74, 6) is 0. The zero-order chi connectivity index (χ0) is 15.9. The van der Waals surface area contributed by atoms with Crippen molar-refractivity contribution in [1.82, 2.24) is 20.2 Å². The summed E-state index contributed by atoms with van der Waals surface area (Å²) in [5, 5.41) is 7.83. The molecule has 0 fully saturated rings. The highest BCUT2D eigenvalue weighted by Crippen LogP contribution is 2.13. The average Bonchev–Trinajstić information content (AvgIpc) is 3.27. The lowest BCUT2D eigenvalue weighted by Gasteiger charge is -2.11. The number of para-hydroxylation sites is 1. The molecule has 0 unspecified atom stereocenters. The van der Waals surface area contributed by atoms with Gasteiger partial charge in [0.2, 0.25) is 0 Å². The van der Waals surface area contributed by atoms with Crippen LogP contribution in [-0.2, 0) is 13.0 Å². The lowest BCUT2D eigenvalue weighted by molar-refractivity contribution is 0.240. The van der Waals surface area contributed by atoms with Gasteiger partial charge in [-0.05, 0) is 29.5 Å². The van der Waals surface area contributed by atoms with Crippen LogP contribution in [0.1, 0.15) is 10.4 Å². The summed E-state index contributed by atoms with van der Waals surface area (Å²) in [6.45, 7) is 1.11. The van der Waals surface area contributed by atoms with Crippen molar-refractivity contribution >= 4 is 17.4 Å². The van der Waals surface area contributed by atoms with Gasteiger partial charge in [0, 0.05) is 30.4 Å². The summed E-state index contributed by atoms with van der Waals surface area (Å²) in [4.78, 5) is 17.2. The van der Waals surface area contributed by atoms with Crippen LogP contribution in [0.3, 0.4) is 0 Å². The van der Waals surface area contributed by atoms with Crippen LogP contribution in [0.2, 0.25) is 0 Å². The minimum atomic E-state index is -0.151. The number of nitrogens with zero attached hydrogens (tertiary/aromatic N) is 2. The lowest BCUT2D eigenvalue weighted by Crippen LogP contribution is -2.36. The number of thiophene rings is 1. The number of imidazole rings is 1. The predicted octanol–water partition coefficient (Wildman–Crippen LogP) is 2.98. The van der Waals surface area contributed by atoms with Gasteiger partial charge in [0.15, 0.2) is 0 Å². The summed E-state index contributed by atoms with van der Waals surface area (Å²) in [6, 6.07) is 11.9. The number of urea groups is 1. The fourth-order valence-corrected chi connectivity index (χ4v) is 3.01. The molecule has 0 saturated carbocycles. The van der Waals surface area contributed by atoms with E-state index in [9.17, 15) is 4.79 Å². The van der Waals surface area contributed by atoms with E-state index in [1.165, 1.54) is 4.88 Å². The summed E-state index contributed by atoms with van der Waals surface area (Å²) in [7, 11) is 0. The molecule has 0 aliphatic carbocycles. The van der Waals surface area contributed by atoms with Gasteiger partial charge in [-0.25, -0.2) is 9.78 Å². The first-order valence-corrected chi connectivity index (χ1v) is 8.31. The molecule has 2 N–H and O–H groups in total. The molecule has 0 aliphatic rings. The van der Waals surface area contributed by atoms with Gasteiger partial charge in [-0.3, -0.25) is 0 Å². The second kappa shape index (κ2) is 7.60. The molecule has 0 atom stereocenters. The number of rotatable bonds is 6. The number of carbonyl (C=O) groups is 1. The SMILES string of the molecule is O=C(NCCc1cccs1)NCc1ccccc1-n1ccnc1. The molecule has 0 bridgehead atoms. The van der Waals surface area contributed by atoms with Crippen molar-refractivity contribution in [3.63, 3.8) is 0 Å². The van der Waals surface area contributed by atoms with Crippen LogP contribution in [0.15, 0.2) is 60.5 Å². The summed E-state index contributed by atoms with van der Waals surface area (Å²) in [6.07, 6.45) is 6.23. The Labute approximate surface area is 139 Å².